The SMILES string of the molecule is CN[C@H]([C@@H](C)O)[C@](C)(O)[C@H](O)C=O. The highest BCUT2D eigenvalue weighted by Gasteiger charge is 2.40. The van der Waals surface area contributed by atoms with Crippen molar-refractivity contribution in [3.63, 3.8) is 0 Å². The number of likely N-dealkylation sites (N-methyl/N-ethyl adjacent to an activating group) is 1. The van der Waals surface area contributed by atoms with E-state index in [1.165, 1.54) is 20.9 Å². The molecule has 0 aliphatic carbocycles. The molecule has 0 bridgehead atoms. The lowest BCUT2D eigenvalue weighted by molar-refractivity contribution is -0.137. The Morgan fingerprint density at radius 3 is 2.15 bits per heavy atom. The number of carbonyl (C=O) groups is 1. The van der Waals surface area contributed by atoms with Crippen molar-refractivity contribution in [2.75, 3.05) is 7.05 Å². The predicted molar refractivity (Wildman–Crippen MR) is 47.2 cm³/mol. The number of carbonyl (C=O) groups excluding carboxylic acids is 1. The maximum Gasteiger partial charge on any atom is 0.151 e. The van der Waals surface area contributed by atoms with Crippen molar-refractivity contribution < 1.29 is 20.1 Å². The van der Waals surface area contributed by atoms with Gasteiger partial charge in [-0.25, -0.2) is 0 Å². The van der Waals surface area contributed by atoms with E-state index >= 15 is 0 Å². The number of nitrogens with one attached hydrogen (secondary N) is 1. The maximum atomic E-state index is 10.3. The Morgan fingerprint density at radius 2 is 1.92 bits per heavy atom. The molecule has 0 heterocycles. The fraction of sp³-hybridized carbons (Fsp3) is 0.875. The minimum atomic E-state index is -1.68. The van der Waals surface area contributed by atoms with Gasteiger partial charge in [-0.3, -0.25) is 0 Å². The van der Waals surface area contributed by atoms with Crippen LogP contribution in [0.5, 0.6) is 0 Å². The topological polar surface area (TPSA) is 89.8 Å². The van der Waals surface area contributed by atoms with Crippen LogP contribution >= 0.6 is 0 Å². The molecule has 4 atom stereocenters. The van der Waals surface area contributed by atoms with Gasteiger partial charge in [0.2, 0.25) is 0 Å². The summed E-state index contributed by atoms with van der Waals surface area (Å²) in [4.78, 5) is 10.3. The van der Waals surface area contributed by atoms with Crippen LogP contribution in [0.3, 0.4) is 0 Å². The Balaban J connectivity index is 4.65. The highest BCUT2D eigenvalue weighted by atomic mass is 16.4. The minimum absolute atomic E-state index is 0.243. The van der Waals surface area contributed by atoms with Crippen LogP contribution in [-0.2, 0) is 4.79 Å². The van der Waals surface area contributed by atoms with Crippen molar-refractivity contribution in [3.8, 4) is 0 Å². The normalized spacial score (nSPS) is 22.9. The highest BCUT2D eigenvalue weighted by Crippen LogP contribution is 2.16. The molecule has 0 aliphatic rings. The van der Waals surface area contributed by atoms with Crippen molar-refractivity contribution >= 4 is 6.29 Å². The summed E-state index contributed by atoms with van der Waals surface area (Å²) in [5, 5.41) is 30.8. The Bertz CT molecular complexity index is 170. The molecular formula is C8H17NO4. The third kappa shape index (κ3) is 2.73. The van der Waals surface area contributed by atoms with Gasteiger partial charge in [0, 0.05) is 0 Å². The second-order valence-electron chi connectivity index (χ2n) is 3.31. The first-order chi connectivity index (χ1) is 5.87. The molecule has 5 heteroatoms. The molecule has 0 saturated carbocycles. The summed E-state index contributed by atoms with van der Waals surface area (Å²) in [5.41, 5.74) is -1.68. The van der Waals surface area contributed by atoms with E-state index in [-0.39, 0.29) is 6.29 Å². The van der Waals surface area contributed by atoms with Crippen LogP contribution in [0.1, 0.15) is 13.8 Å². The lowest BCUT2D eigenvalue weighted by Gasteiger charge is -2.36. The molecule has 5 nitrogen and oxygen atoms in total. The first kappa shape index (κ1) is 12.5. The fourth-order valence-electron chi connectivity index (χ4n) is 1.34. The molecule has 0 radical (unpaired) electrons. The third-order valence-corrected chi connectivity index (χ3v) is 2.15. The Hall–Kier alpha value is -0.490. The van der Waals surface area contributed by atoms with Crippen molar-refractivity contribution in [1.82, 2.24) is 5.32 Å². The van der Waals surface area contributed by atoms with Crippen LogP contribution in [0.25, 0.3) is 0 Å². The van der Waals surface area contributed by atoms with Crippen LogP contribution < -0.4 is 5.32 Å². The molecule has 0 fully saturated rings. The molecule has 4 N–H and O–H groups in total. The van der Waals surface area contributed by atoms with E-state index in [9.17, 15) is 15.0 Å². The summed E-state index contributed by atoms with van der Waals surface area (Å²) in [6.07, 6.45) is -2.14. The first-order valence-corrected chi connectivity index (χ1v) is 4.09. The Kier molecular flexibility index (Phi) is 4.49. The van der Waals surface area contributed by atoms with E-state index in [2.05, 4.69) is 5.32 Å². The summed E-state index contributed by atoms with van der Waals surface area (Å²) in [6, 6.07) is -0.757. The van der Waals surface area contributed by atoms with Crippen LogP contribution in [0.4, 0.5) is 0 Å². The van der Waals surface area contributed by atoms with Gasteiger partial charge < -0.3 is 25.4 Å². The van der Waals surface area contributed by atoms with Crippen molar-refractivity contribution in [2.24, 2.45) is 0 Å². The van der Waals surface area contributed by atoms with Gasteiger partial charge >= 0.3 is 0 Å². The zero-order chi connectivity index (χ0) is 10.6. The molecule has 0 aromatic heterocycles. The summed E-state index contributed by atoms with van der Waals surface area (Å²) in [7, 11) is 1.53. The van der Waals surface area contributed by atoms with E-state index in [1.54, 1.807) is 0 Å². The van der Waals surface area contributed by atoms with E-state index in [0.717, 1.165) is 0 Å². The van der Waals surface area contributed by atoms with Gasteiger partial charge in [0.25, 0.3) is 0 Å². The zero-order valence-corrected chi connectivity index (χ0v) is 8.06. The minimum Gasteiger partial charge on any atom is -0.392 e. The van der Waals surface area contributed by atoms with Crippen molar-refractivity contribution in [3.05, 3.63) is 0 Å². The quantitative estimate of drug-likeness (QED) is 0.388. The van der Waals surface area contributed by atoms with Gasteiger partial charge in [0.05, 0.1) is 12.1 Å². The van der Waals surface area contributed by atoms with Crippen molar-refractivity contribution in [2.45, 2.75) is 37.7 Å². The Morgan fingerprint density at radius 1 is 1.46 bits per heavy atom. The number of aliphatic hydroxyl groups is 3. The average Bonchev–Trinajstić information content (AvgIpc) is 2.02. The van der Waals surface area contributed by atoms with Gasteiger partial charge in [-0.05, 0) is 20.9 Å². The average molecular weight is 191 g/mol. The van der Waals surface area contributed by atoms with E-state index in [0.29, 0.717) is 0 Å². The summed E-state index contributed by atoms with van der Waals surface area (Å²) in [5.74, 6) is 0. The molecule has 0 aromatic carbocycles. The number of rotatable bonds is 5. The zero-order valence-electron chi connectivity index (χ0n) is 8.06. The van der Waals surface area contributed by atoms with Gasteiger partial charge in [-0.2, -0.15) is 0 Å². The van der Waals surface area contributed by atoms with E-state index in [1.807, 2.05) is 0 Å². The second kappa shape index (κ2) is 4.66. The van der Waals surface area contributed by atoms with E-state index in [4.69, 9.17) is 5.11 Å². The van der Waals surface area contributed by atoms with Gasteiger partial charge in [0.15, 0.2) is 6.29 Å². The number of aliphatic hydroxyl groups excluding tert-OH is 2. The van der Waals surface area contributed by atoms with Crippen molar-refractivity contribution in [1.29, 1.82) is 0 Å². The number of hydrogen-bond acceptors (Lipinski definition) is 5. The number of aldehydes is 1. The lowest BCUT2D eigenvalue weighted by Crippen LogP contribution is -2.60. The molecule has 0 unspecified atom stereocenters. The second-order valence-corrected chi connectivity index (χ2v) is 3.31. The number of hydrogen-bond donors (Lipinski definition) is 4. The van der Waals surface area contributed by atoms with Crippen LogP contribution in [-0.4, -0.2) is 52.5 Å². The van der Waals surface area contributed by atoms with E-state index < -0.39 is 23.9 Å². The molecular weight excluding hydrogens is 174 g/mol. The summed E-state index contributed by atoms with van der Waals surface area (Å²) >= 11 is 0. The first-order valence-electron chi connectivity index (χ1n) is 4.09. The summed E-state index contributed by atoms with van der Waals surface area (Å²) < 4.78 is 0. The van der Waals surface area contributed by atoms with Crippen LogP contribution in [0.2, 0.25) is 0 Å². The van der Waals surface area contributed by atoms with Gasteiger partial charge in [-0.1, -0.05) is 0 Å². The maximum absolute atomic E-state index is 10.3. The largest absolute Gasteiger partial charge is 0.392 e. The van der Waals surface area contributed by atoms with Crippen LogP contribution in [0, 0.1) is 0 Å². The van der Waals surface area contributed by atoms with Gasteiger partial charge in [-0.15, -0.1) is 0 Å². The molecule has 0 amide bonds. The third-order valence-electron chi connectivity index (χ3n) is 2.15. The smallest absolute Gasteiger partial charge is 0.151 e. The monoisotopic (exact) mass is 191 g/mol. The molecule has 0 aromatic rings. The molecule has 13 heavy (non-hydrogen) atoms. The van der Waals surface area contributed by atoms with Crippen LogP contribution in [0.15, 0.2) is 0 Å². The van der Waals surface area contributed by atoms with Gasteiger partial charge in [0.1, 0.15) is 11.7 Å². The molecule has 0 spiro atoms. The lowest BCUT2D eigenvalue weighted by atomic mass is 9.88. The predicted octanol–water partition coefficient (Wildman–Crippen LogP) is -1.73. The Labute approximate surface area is 77.4 Å². The molecule has 0 rings (SSSR count). The fourth-order valence-corrected chi connectivity index (χ4v) is 1.34. The molecule has 0 aliphatic heterocycles. The standard InChI is InChI=1S/C8H17NO4/c1-5(11)7(9-3)8(2,13)6(12)4-10/h4-7,9,11-13H,1-3H3/t5-,6-,7-,8-/m1/s1. The molecule has 0 saturated heterocycles. The molecule has 78 valence electrons. The highest BCUT2D eigenvalue weighted by molar-refractivity contribution is 5.58. The summed E-state index contributed by atoms with van der Waals surface area (Å²) in [6.45, 7) is 2.76.